The van der Waals surface area contributed by atoms with E-state index in [2.05, 4.69) is 0 Å². The molecular weight excluding hydrogens is 368 g/mol. The summed E-state index contributed by atoms with van der Waals surface area (Å²) in [5, 5.41) is 1.02. The molecule has 1 atom stereocenters. The first kappa shape index (κ1) is 19.0. The number of benzene rings is 2. The number of rotatable bonds is 6. The summed E-state index contributed by atoms with van der Waals surface area (Å²) in [6, 6.07) is 11.8. The molecule has 0 unspecified atom stereocenters. The highest BCUT2D eigenvalue weighted by Gasteiger charge is 2.17. The average molecular weight is 387 g/mol. The van der Waals surface area contributed by atoms with Crippen LogP contribution in [0.25, 0.3) is 22.1 Å². The van der Waals surface area contributed by atoms with Gasteiger partial charge in [-0.25, -0.2) is 4.79 Å². The lowest BCUT2D eigenvalue weighted by Crippen LogP contribution is -2.26. The lowest BCUT2D eigenvalue weighted by atomic mass is 10.1. The topological polar surface area (TPSA) is 65.7 Å². The average Bonchev–Trinajstić information content (AvgIpc) is 2.67. The van der Waals surface area contributed by atoms with Crippen LogP contribution in [0.15, 0.2) is 57.9 Å². The highest BCUT2D eigenvalue weighted by atomic mass is 35.5. The molecule has 3 rings (SSSR count). The van der Waals surface area contributed by atoms with Crippen molar-refractivity contribution in [3.63, 3.8) is 0 Å². The van der Waals surface area contributed by atoms with Gasteiger partial charge in [0.25, 0.3) is 0 Å². The molecule has 27 heavy (non-hydrogen) atoms. The highest BCUT2D eigenvalue weighted by molar-refractivity contribution is 6.30. The molecule has 0 aliphatic heterocycles. The van der Waals surface area contributed by atoms with Crippen LogP contribution >= 0.6 is 11.6 Å². The van der Waals surface area contributed by atoms with E-state index >= 15 is 0 Å². The molecular formula is C21H19ClO5. The van der Waals surface area contributed by atoms with Crippen LogP contribution in [0.2, 0.25) is 5.02 Å². The Morgan fingerprint density at radius 1 is 1.19 bits per heavy atom. The maximum Gasteiger partial charge on any atom is 0.347 e. The fourth-order valence-electron chi connectivity index (χ4n) is 2.58. The van der Waals surface area contributed by atoms with E-state index in [1.165, 1.54) is 6.26 Å². The zero-order valence-corrected chi connectivity index (χ0v) is 15.8. The van der Waals surface area contributed by atoms with E-state index in [1.54, 1.807) is 49.4 Å². The second-order valence-corrected chi connectivity index (χ2v) is 6.51. The molecule has 1 heterocycles. The number of halogens is 1. The Bertz CT molecular complexity index is 1010. The first-order valence-corrected chi connectivity index (χ1v) is 9.02. The largest absolute Gasteiger partial charge is 0.479 e. The van der Waals surface area contributed by atoms with E-state index in [0.717, 1.165) is 12.0 Å². The molecule has 0 amide bonds. The van der Waals surface area contributed by atoms with Gasteiger partial charge in [0.2, 0.25) is 0 Å². The second kappa shape index (κ2) is 8.27. The van der Waals surface area contributed by atoms with Gasteiger partial charge in [-0.3, -0.25) is 4.79 Å². The molecule has 0 radical (unpaired) electrons. The molecule has 0 saturated carbocycles. The van der Waals surface area contributed by atoms with Crippen molar-refractivity contribution in [2.75, 3.05) is 6.61 Å². The third kappa shape index (κ3) is 4.31. The predicted molar refractivity (Wildman–Crippen MR) is 104 cm³/mol. The maximum atomic E-state index is 12.8. The minimum Gasteiger partial charge on any atom is -0.479 e. The lowest BCUT2D eigenvalue weighted by Gasteiger charge is -2.14. The fourth-order valence-corrected chi connectivity index (χ4v) is 2.71. The van der Waals surface area contributed by atoms with E-state index in [9.17, 15) is 9.59 Å². The Kier molecular flexibility index (Phi) is 5.81. The predicted octanol–water partition coefficient (Wildman–Crippen LogP) is 4.83. The van der Waals surface area contributed by atoms with Crippen LogP contribution in [0.3, 0.4) is 0 Å². The van der Waals surface area contributed by atoms with Gasteiger partial charge in [-0.2, -0.15) is 0 Å². The van der Waals surface area contributed by atoms with E-state index in [-0.39, 0.29) is 5.43 Å². The number of esters is 1. The Balaban J connectivity index is 1.87. The van der Waals surface area contributed by atoms with Crippen molar-refractivity contribution < 1.29 is 18.7 Å². The molecule has 0 aliphatic carbocycles. The molecule has 2 aromatic carbocycles. The summed E-state index contributed by atoms with van der Waals surface area (Å²) < 4.78 is 16.3. The number of ether oxygens (including phenoxy) is 2. The third-order valence-electron chi connectivity index (χ3n) is 3.99. The molecule has 3 aromatic rings. The van der Waals surface area contributed by atoms with Gasteiger partial charge in [-0.15, -0.1) is 0 Å². The standard InChI is InChI=1S/C21H19ClO5/c1-3-10-25-21(24)13(2)27-16-8-9-17-19(11-16)26-12-18(20(17)23)14-4-6-15(22)7-5-14/h4-9,11-13H,3,10H2,1-2H3/t13-/m0/s1. The van der Waals surface area contributed by atoms with Crippen LogP contribution < -0.4 is 10.2 Å². The Morgan fingerprint density at radius 2 is 1.93 bits per heavy atom. The SMILES string of the molecule is CCCOC(=O)[C@H](C)Oc1ccc2c(=O)c(-c3ccc(Cl)cc3)coc2c1. The van der Waals surface area contributed by atoms with Crippen molar-refractivity contribution in [3.05, 3.63) is 64.0 Å². The van der Waals surface area contributed by atoms with Gasteiger partial charge in [0.15, 0.2) is 11.5 Å². The summed E-state index contributed by atoms with van der Waals surface area (Å²) >= 11 is 5.89. The van der Waals surface area contributed by atoms with Gasteiger partial charge in [0.05, 0.1) is 17.6 Å². The van der Waals surface area contributed by atoms with Gasteiger partial charge in [-0.05, 0) is 43.2 Å². The van der Waals surface area contributed by atoms with Crippen molar-refractivity contribution in [2.45, 2.75) is 26.4 Å². The van der Waals surface area contributed by atoms with Crippen molar-refractivity contribution in [2.24, 2.45) is 0 Å². The lowest BCUT2D eigenvalue weighted by molar-refractivity contribution is -0.151. The fraction of sp³-hybridized carbons (Fsp3) is 0.238. The molecule has 0 saturated heterocycles. The van der Waals surface area contributed by atoms with E-state index in [0.29, 0.717) is 33.9 Å². The van der Waals surface area contributed by atoms with Crippen molar-refractivity contribution in [3.8, 4) is 16.9 Å². The number of hydrogen-bond donors (Lipinski definition) is 0. The van der Waals surface area contributed by atoms with Crippen molar-refractivity contribution >= 4 is 28.5 Å². The maximum absolute atomic E-state index is 12.8. The molecule has 1 aromatic heterocycles. The number of carbonyl (C=O) groups excluding carboxylic acids is 1. The van der Waals surface area contributed by atoms with E-state index < -0.39 is 12.1 Å². The van der Waals surface area contributed by atoms with E-state index in [4.69, 9.17) is 25.5 Å². The van der Waals surface area contributed by atoms with Crippen LogP contribution in [0, 0.1) is 0 Å². The van der Waals surface area contributed by atoms with Gasteiger partial charge in [0, 0.05) is 11.1 Å². The summed E-state index contributed by atoms with van der Waals surface area (Å²) in [6.45, 7) is 3.89. The zero-order chi connectivity index (χ0) is 19.4. The quantitative estimate of drug-likeness (QED) is 0.567. The smallest absolute Gasteiger partial charge is 0.347 e. The van der Waals surface area contributed by atoms with Gasteiger partial charge < -0.3 is 13.9 Å². The van der Waals surface area contributed by atoms with Crippen molar-refractivity contribution in [1.29, 1.82) is 0 Å². The molecule has 0 aliphatic rings. The monoisotopic (exact) mass is 386 g/mol. The van der Waals surface area contributed by atoms with Gasteiger partial charge in [-0.1, -0.05) is 30.7 Å². The van der Waals surface area contributed by atoms with Gasteiger partial charge in [0.1, 0.15) is 17.6 Å². The van der Waals surface area contributed by atoms with Gasteiger partial charge >= 0.3 is 5.97 Å². The number of carbonyl (C=O) groups is 1. The zero-order valence-electron chi connectivity index (χ0n) is 15.0. The molecule has 0 fully saturated rings. The minimum absolute atomic E-state index is 0.152. The summed E-state index contributed by atoms with van der Waals surface area (Å²) in [6.07, 6.45) is 1.40. The van der Waals surface area contributed by atoms with Crippen LogP contribution in [0.4, 0.5) is 0 Å². The molecule has 140 valence electrons. The van der Waals surface area contributed by atoms with Crippen LogP contribution in [-0.2, 0) is 9.53 Å². The number of fused-ring (bicyclic) bond motifs is 1. The molecule has 5 nitrogen and oxygen atoms in total. The molecule has 0 spiro atoms. The molecule has 6 heteroatoms. The summed E-state index contributed by atoms with van der Waals surface area (Å²) in [4.78, 5) is 24.6. The minimum atomic E-state index is -0.755. The Morgan fingerprint density at radius 3 is 2.63 bits per heavy atom. The van der Waals surface area contributed by atoms with Crippen LogP contribution in [0.5, 0.6) is 5.75 Å². The Hall–Kier alpha value is -2.79. The normalized spacial score (nSPS) is 12.0. The first-order chi connectivity index (χ1) is 13.0. The highest BCUT2D eigenvalue weighted by Crippen LogP contribution is 2.24. The van der Waals surface area contributed by atoms with Crippen molar-refractivity contribution in [1.82, 2.24) is 0 Å². The summed E-state index contributed by atoms with van der Waals surface area (Å²) in [5.41, 5.74) is 1.40. The first-order valence-electron chi connectivity index (χ1n) is 8.64. The van der Waals surface area contributed by atoms with Crippen LogP contribution in [-0.4, -0.2) is 18.7 Å². The Labute approximate surface area is 161 Å². The van der Waals surface area contributed by atoms with E-state index in [1.807, 2.05) is 6.92 Å². The summed E-state index contributed by atoms with van der Waals surface area (Å²) in [5.74, 6) is -0.0117. The number of hydrogen-bond acceptors (Lipinski definition) is 5. The second-order valence-electron chi connectivity index (χ2n) is 6.07. The summed E-state index contributed by atoms with van der Waals surface area (Å²) in [7, 11) is 0. The third-order valence-corrected chi connectivity index (χ3v) is 4.25. The molecule has 0 N–H and O–H groups in total. The molecule has 0 bridgehead atoms. The van der Waals surface area contributed by atoms with Crippen LogP contribution in [0.1, 0.15) is 20.3 Å².